The highest BCUT2D eigenvalue weighted by atomic mass is 32.1. The van der Waals surface area contributed by atoms with Crippen LogP contribution in [0.1, 0.15) is 23.2 Å². The second kappa shape index (κ2) is 8.43. The molecule has 154 valence electrons. The Morgan fingerprint density at radius 3 is 2.59 bits per heavy atom. The number of likely N-dealkylation sites (tertiary alicyclic amines) is 1. The summed E-state index contributed by atoms with van der Waals surface area (Å²) in [6.07, 6.45) is 0.613. The van der Waals surface area contributed by atoms with Gasteiger partial charge in [-0.2, -0.15) is 0 Å². The minimum Gasteiger partial charge on any atom is -0.457 e. The average molecular weight is 424 g/mol. The quantitative estimate of drug-likeness (QED) is 0.652. The summed E-state index contributed by atoms with van der Waals surface area (Å²) in [5.74, 6) is -2.79. The molecule has 1 atom stereocenters. The number of halogens is 2. The van der Waals surface area contributed by atoms with Gasteiger partial charge in [-0.3, -0.25) is 5.32 Å². The predicted octanol–water partition coefficient (Wildman–Crippen LogP) is 2.88. The van der Waals surface area contributed by atoms with Crippen LogP contribution < -0.4 is 16.8 Å². The average Bonchev–Trinajstić information content (AvgIpc) is 3.07. The Balaban J connectivity index is 1.85. The van der Waals surface area contributed by atoms with Crippen LogP contribution in [0.4, 0.5) is 23.4 Å². The number of piperidine rings is 1. The van der Waals surface area contributed by atoms with Gasteiger partial charge in [-0.05, 0) is 36.6 Å². The fourth-order valence-electron chi connectivity index (χ4n) is 2.99. The van der Waals surface area contributed by atoms with Crippen LogP contribution in [0.3, 0.4) is 0 Å². The molecule has 1 aliphatic heterocycles. The van der Waals surface area contributed by atoms with Crippen molar-refractivity contribution in [3.8, 4) is 10.4 Å². The van der Waals surface area contributed by atoms with Crippen LogP contribution in [0, 0.1) is 11.6 Å². The number of primary amides is 2. The topological polar surface area (TPSA) is 128 Å². The zero-order valence-corrected chi connectivity index (χ0v) is 15.9. The summed E-state index contributed by atoms with van der Waals surface area (Å²) in [6, 6.07) is 3.20. The van der Waals surface area contributed by atoms with E-state index in [2.05, 4.69) is 5.32 Å². The minimum atomic E-state index is -1.04. The molecule has 8 nitrogen and oxygen atoms in total. The highest BCUT2D eigenvalue weighted by molar-refractivity contribution is 7.20. The lowest BCUT2D eigenvalue weighted by molar-refractivity contribution is 0.0129. The molecule has 0 aliphatic carbocycles. The Hall–Kier alpha value is -3.21. The van der Waals surface area contributed by atoms with Gasteiger partial charge >= 0.3 is 18.0 Å². The minimum absolute atomic E-state index is 0.0183. The summed E-state index contributed by atoms with van der Waals surface area (Å²) >= 11 is 0.965. The molecule has 0 saturated carbocycles. The van der Waals surface area contributed by atoms with Crippen molar-refractivity contribution in [1.29, 1.82) is 0 Å². The maximum Gasteiger partial charge on any atom is 0.341 e. The van der Waals surface area contributed by atoms with E-state index in [-0.39, 0.29) is 17.1 Å². The van der Waals surface area contributed by atoms with E-state index in [1.807, 2.05) is 0 Å². The van der Waals surface area contributed by atoms with Gasteiger partial charge in [0.2, 0.25) is 0 Å². The van der Waals surface area contributed by atoms with Gasteiger partial charge < -0.3 is 21.1 Å². The molecule has 5 N–H and O–H groups in total. The number of nitrogens with two attached hydrogens (primary N) is 2. The van der Waals surface area contributed by atoms with Crippen molar-refractivity contribution in [2.75, 3.05) is 18.4 Å². The number of rotatable bonds is 4. The Morgan fingerprint density at radius 1 is 1.17 bits per heavy atom. The first-order valence-corrected chi connectivity index (χ1v) is 9.47. The Labute approximate surface area is 168 Å². The van der Waals surface area contributed by atoms with Gasteiger partial charge in [0.15, 0.2) is 11.6 Å². The number of urea groups is 2. The molecule has 1 unspecified atom stereocenters. The van der Waals surface area contributed by atoms with Crippen molar-refractivity contribution in [3.63, 3.8) is 0 Å². The Kier molecular flexibility index (Phi) is 5.97. The molecule has 4 amide bonds. The third-order valence-corrected chi connectivity index (χ3v) is 5.46. The number of hydrogen-bond acceptors (Lipinski definition) is 5. The van der Waals surface area contributed by atoms with Gasteiger partial charge in [-0.25, -0.2) is 23.2 Å². The monoisotopic (exact) mass is 424 g/mol. The standard InChI is InChI=1S/C18H18F2N4O4S/c19-12-4-3-9(6-13(12)20)14-7-11(15(29-14)23-17(21)26)16(25)28-10-2-1-5-24(8-10)18(22)27/h3-4,6-7,10H,1-2,5,8H2,(H2,22,27)(H3,21,23,26). The summed E-state index contributed by atoms with van der Waals surface area (Å²) in [6.45, 7) is 0.649. The number of nitrogens with one attached hydrogen (secondary N) is 1. The molecule has 1 saturated heterocycles. The van der Waals surface area contributed by atoms with Crippen LogP contribution in [0.15, 0.2) is 24.3 Å². The zero-order chi connectivity index (χ0) is 21.1. The van der Waals surface area contributed by atoms with Gasteiger partial charge in [-0.15, -0.1) is 11.3 Å². The van der Waals surface area contributed by atoms with E-state index in [1.54, 1.807) is 0 Å². The maximum absolute atomic E-state index is 13.6. The Bertz CT molecular complexity index is 965. The third kappa shape index (κ3) is 4.80. The van der Waals surface area contributed by atoms with Crippen molar-refractivity contribution in [3.05, 3.63) is 41.5 Å². The van der Waals surface area contributed by atoms with E-state index in [0.29, 0.717) is 29.8 Å². The zero-order valence-electron chi connectivity index (χ0n) is 15.1. The van der Waals surface area contributed by atoms with E-state index in [0.717, 1.165) is 23.5 Å². The second-order valence-electron chi connectivity index (χ2n) is 6.43. The van der Waals surface area contributed by atoms with Crippen molar-refractivity contribution >= 4 is 34.4 Å². The number of benzene rings is 1. The van der Waals surface area contributed by atoms with Crippen LogP contribution in [-0.4, -0.2) is 42.1 Å². The molecule has 0 spiro atoms. The number of carbonyl (C=O) groups excluding carboxylic acids is 3. The number of ether oxygens (including phenoxy) is 1. The molecular formula is C18H18F2N4O4S. The summed E-state index contributed by atoms with van der Waals surface area (Å²) < 4.78 is 32.2. The summed E-state index contributed by atoms with van der Waals surface area (Å²) in [5, 5.41) is 2.45. The molecule has 1 aromatic heterocycles. The lowest BCUT2D eigenvalue weighted by Crippen LogP contribution is -2.46. The molecule has 29 heavy (non-hydrogen) atoms. The van der Waals surface area contributed by atoms with Gasteiger partial charge in [0.25, 0.3) is 0 Å². The van der Waals surface area contributed by atoms with Crippen LogP contribution >= 0.6 is 11.3 Å². The van der Waals surface area contributed by atoms with Crippen molar-refractivity contribution in [2.24, 2.45) is 11.5 Å². The van der Waals surface area contributed by atoms with Crippen LogP contribution in [0.25, 0.3) is 10.4 Å². The van der Waals surface area contributed by atoms with E-state index in [4.69, 9.17) is 16.2 Å². The summed E-state index contributed by atoms with van der Waals surface area (Å²) in [7, 11) is 0. The molecule has 1 fully saturated rings. The van der Waals surface area contributed by atoms with Crippen LogP contribution in [-0.2, 0) is 4.74 Å². The number of esters is 1. The number of nitrogens with zero attached hydrogens (tertiary/aromatic N) is 1. The van der Waals surface area contributed by atoms with E-state index >= 15 is 0 Å². The van der Waals surface area contributed by atoms with Crippen molar-refractivity contribution in [2.45, 2.75) is 18.9 Å². The summed E-state index contributed by atoms with van der Waals surface area (Å²) in [4.78, 5) is 37.1. The SMILES string of the molecule is NC(=O)Nc1sc(-c2ccc(F)c(F)c2)cc1C(=O)OC1CCCN(C(N)=O)C1. The molecule has 1 aliphatic rings. The first-order valence-electron chi connectivity index (χ1n) is 8.65. The molecular weight excluding hydrogens is 406 g/mol. The number of hydrogen-bond donors (Lipinski definition) is 3. The molecule has 1 aromatic carbocycles. The predicted molar refractivity (Wildman–Crippen MR) is 102 cm³/mol. The number of amides is 4. The first kappa shape index (κ1) is 20.5. The maximum atomic E-state index is 13.6. The highest BCUT2D eigenvalue weighted by Gasteiger charge is 2.27. The largest absolute Gasteiger partial charge is 0.457 e. The second-order valence-corrected chi connectivity index (χ2v) is 7.48. The first-order chi connectivity index (χ1) is 13.7. The number of carbonyl (C=O) groups is 3. The van der Waals surface area contributed by atoms with E-state index in [1.165, 1.54) is 17.0 Å². The molecule has 11 heteroatoms. The lowest BCUT2D eigenvalue weighted by atomic mass is 10.1. The van der Waals surface area contributed by atoms with Crippen LogP contribution in [0.2, 0.25) is 0 Å². The fraction of sp³-hybridized carbons (Fsp3) is 0.278. The molecule has 0 radical (unpaired) electrons. The van der Waals surface area contributed by atoms with Crippen LogP contribution in [0.5, 0.6) is 0 Å². The van der Waals surface area contributed by atoms with Crippen molar-refractivity contribution < 1.29 is 27.9 Å². The number of thiophene rings is 1. The van der Waals surface area contributed by atoms with Crippen molar-refractivity contribution in [1.82, 2.24) is 4.90 Å². The van der Waals surface area contributed by atoms with Gasteiger partial charge in [0, 0.05) is 11.4 Å². The lowest BCUT2D eigenvalue weighted by Gasteiger charge is -2.31. The highest BCUT2D eigenvalue weighted by Crippen LogP contribution is 2.36. The van der Waals surface area contributed by atoms with E-state index in [9.17, 15) is 23.2 Å². The third-order valence-electron chi connectivity index (χ3n) is 4.36. The fourth-order valence-corrected chi connectivity index (χ4v) is 4.03. The normalized spacial score (nSPS) is 16.3. The molecule has 0 bridgehead atoms. The molecule has 2 aromatic rings. The van der Waals surface area contributed by atoms with E-state index < -0.39 is 35.8 Å². The summed E-state index contributed by atoms with van der Waals surface area (Å²) in [5.41, 5.74) is 10.8. The molecule has 3 rings (SSSR count). The van der Waals surface area contributed by atoms with Gasteiger partial charge in [0.1, 0.15) is 11.1 Å². The van der Waals surface area contributed by atoms with Gasteiger partial charge in [0.05, 0.1) is 12.1 Å². The molecule has 2 heterocycles. The smallest absolute Gasteiger partial charge is 0.341 e. The Morgan fingerprint density at radius 2 is 1.93 bits per heavy atom. The number of anilines is 1. The van der Waals surface area contributed by atoms with Gasteiger partial charge in [-0.1, -0.05) is 6.07 Å².